The fourth-order valence-electron chi connectivity index (χ4n) is 0.240. The Kier molecular flexibility index (Phi) is 2.69. The lowest BCUT2D eigenvalue weighted by Gasteiger charge is -1.94. The van der Waals surface area contributed by atoms with Gasteiger partial charge in [-0.2, -0.15) is 5.10 Å². The van der Waals surface area contributed by atoms with Crippen molar-refractivity contribution in [3.05, 3.63) is 12.3 Å². The third-order valence-corrected chi connectivity index (χ3v) is 0.744. The summed E-state index contributed by atoms with van der Waals surface area (Å²) in [4.78, 5) is 0. The Labute approximate surface area is 49.3 Å². The van der Waals surface area contributed by atoms with Gasteiger partial charge in [-0.3, -0.25) is 0 Å². The minimum Gasteiger partial charge on any atom is -0.398 e. The van der Waals surface area contributed by atoms with Crippen molar-refractivity contribution in [2.75, 3.05) is 7.05 Å². The minimum absolute atomic E-state index is 0.499. The molecule has 0 saturated heterocycles. The van der Waals surface area contributed by atoms with Crippen molar-refractivity contribution in [2.45, 2.75) is 6.92 Å². The van der Waals surface area contributed by atoms with Crippen LogP contribution in [0.1, 0.15) is 6.92 Å². The Morgan fingerprint density at radius 3 is 2.38 bits per heavy atom. The lowest BCUT2D eigenvalue weighted by Crippen LogP contribution is -2.09. The molecule has 0 bridgehead atoms. The lowest BCUT2D eigenvalue weighted by atomic mass is 10.3. The van der Waals surface area contributed by atoms with Gasteiger partial charge in [-0.15, -0.1) is 0 Å². The van der Waals surface area contributed by atoms with Gasteiger partial charge in [0.05, 0.1) is 5.71 Å². The zero-order chi connectivity index (χ0) is 6.57. The molecule has 0 aliphatic heterocycles. The third kappa shape index (κ3) is 2.23. The van der Waals surface area contributed by atoms with E-state index in [1.807, 2.05) is 0 Å². The summed E-state index contributed by atoms with van der Waals surface area (Å²) < 4.78 is 0. The third-order valence-electron chi connectivity index (χ3n) is 0.744. The van der Waals surface area contributed by atoms with Crippen LogP contribution < -0.4 is 11.2 Å². The molecule has 0 aliphatic rings. The Bertz CT molecular complexity index is 115. The molecule has 0 heterocycles. The summed E-state index contributed by atoms with van der Waals surface area (Å²) >= 11 is 0. The molecule has 8 heavy (non-hydrogen) atoms. The number of nitrogens with two attached hydrogens (primary N) is 1. The number of nitrogens with one attached hydrogen (secondary N) is 1. The highest BCUT2D eigenvalue weighted by atomic mass is 15.3. The van der Waals surface area contributed by atoms with Crippen molar-refractivity contribution in [1.82, 2.24) is 5.43 Å². The standard InChI is InChI=1S/C5H11N3/c1-4(6)5(2)8-7-3/h7H,1,6H2,2-3H3/b8-5-. The highest BCUT2D eigenvalue weighted by molar-refractivity contribution is 5.96. The summed E-state index contributed by atoms with van der Waals surface area (Å²) in [7, 11) is 1.71. The van der Waals surface area contributed by atoms with Gasteiger partial charge in [0.15, 0.2) is 0 Å². The Balaban J connectivity index is 3.80. The highest BCUT2D eigenvalue weighted by Gasteiger charge is 1.86. The highest BCUT2D eigenvalue weighted by Crippen LogP contribution is 1.80. The maximum absolute atomic E-state index is 5.26. The van der Waals surface area contributed by atoms with Gasteiger partial charge in [0.1, 0.15) is 0 Å². The minimum atomic E-state index is 0.499. The monoisotopic (exact) mass is 113 g/mol. The van der Waals surface area contributed by atoms with Crippen LogP contribution in [0.3, 0.4) is 0 Å². The van der Waals surface area contributed by atoms with E-state index in [4.69, 9.17) is 5.73 Å². The van der Waals surface area contributed by atoms with Gasteiger partial charge in [0.25, 0.3) is 0 Å². The zero-order valence-electron chi connectivity index (χ0n) is 5.23. The molecule has 0 spiro atoms. The number of nitrogens with zero attached hydrogens (tertiary/aromatic N) is 1. The van der Waals surface area contributed by atoms with Gasteiger partial charge in [-0.05, 0) is 6.92 Å². The van der Waals surface area contributed by atoms with Crippen molar-refractivity contribution in [2.24, 2.45) is 10.8 Å². The van der Waals surface area contributed by atoms with Gasteiger partial charge in [-0.25, -0.2) is 0 Å². The van der Waals surface area contributed by atoms with Gasteiger partial charge in [0, 0.05) is 12.7 Å². The van der Waals surface area contributed by atoms with E-state index < -0.39 is 0 Å². The first-order valence-electron chi connectivity index (χ1n) is 2.34. The molecule has 3 nitrogen and oxygen atoms in total. The molecular weight excluding hydrogens is 102 g/mol. The predicted octanol–water partition coefficient (Wildman–Crippen LogP) is 0.0541. The van der Waals surface area contributed by atoms with Crippen LogP contribution in [0.25, 0.3) is 0 Å². The molecule has 0 rings (SSSR count). The molecule has 0 amide bonds. The normalized spacial score (nSPS) is 11.0. The van der Waals surface area contributed by atoms with Crippen LogP contribution in [-0.4, -0.2) is 12.8 Å². The summed E-state index contributed by atoms with van der Waals surface area (Å²) in [5.74, 6) is 0. The average molecular weight is 113 g/mol. The summed E-state index contributed by atoms with van der Waals surface area (Å²) in [6.07, 6.45) is 0. The molecule has 0 aliphatic carbocycles. The average Bonchev–Trinajstić information content (AvgIpc) is 1.67. The van der Waals surface area contributed by atoms with Gasteiger partial charge >= 0.3 is 0 Å². The maximum Gasteiger partial charge on any atom is 0.0794 e. The largest absolute Gasteiger partial charge is 0.398 e. The first kappa shape index (κ1) is 7.01. The van der Waals surface area contributed by atoms with Crippen LogP contribution in [0.4, 0.5) is 0 Å². The molecule has 0 aromatic carbocycles. The van der Waals surface area contributed by atoms with Crippen LogP contribution in [0.2, 0.25) is 0 Å². The van der Waals surface area contributed by atoms with Gasteiger partial charge < -0.3 is 11.2 Å². The summed E-state index contributed by atoms with van der Waals surface area (Å²) in [5, 5.41) is 3.77. The first-order valence-corrected chi connectivity index (χ1v) is 2.34. The van der Waals surface area contributed by atoms with E-state index in [1.54, 1.807) is 14.0 Å². The number of hydrazone groups is 1. The Hall–Kier alpha value is -0.990. The maximum atomic E-state index is 5.26. The van der Waals surface area contributed by atoms with E-state index in [-0.39, 0.29) is 0 Å². The van der Waals surface area contributed by atoms with Crippen molar-refractivity contribution in [1.29, 1.82) is 0 Å². The van der Waals surface area contributed by atoms with E-state index in [0.29, 0.717) is 5.70 Å². The van der Waals surface area contributed by atoms with Crippen LogP contribution >= 0.6 is 0 Å². The van der Waals surface area contributed by atoms with Gasteiger partial charge in [-0.1, -0.05) is 6.58 Å². The van der Waals surface area contributed by atoms with Gasteiger partial charge in [0.2, 0.25) is 0 Å². The topological polar surface area (TPSA) is 50.4 Å². The Morgan fingerprint density at radius 1 is 1.75 bits per heavy atom. The number of allylic oxidation sites excluding steroid dienone is 1. The second kappa shape index (κ2) is 3.07. The van der Waals surface area contributed by atoms with E-state index in [2.05, 4.69) is 17.1 Å². The second-order valence-corrected chi connectivity index (χ2v) is 1.45. The molecule has 46 valence electrons. The van der Waals surface area contributed by atoms with Crippen LogP contribution in [0, 0.1) is 0 Å². The summed E-state index contributed by atoms with van der Waals surface area (Å²) in [6.45, 7) is 5.27. The molecule has 0 unspecified atom stereocenters. The molecule has 3 N–H and O–H groups in total. The molecule has 0 aromatic heterocycles. The van der Waals surface area contributed by atoms with E-state index in [9.17, 15) is 0 Å². The van der Waals surface area contributed by atoms with Crippen molar-refractivity contribution in [3.8, 4) is 0 Å². The number of rotatable bonds is 2. The molecular formula is C5H11N3. The molecule has 0 radical (unpaired) electrons. The number of hydrogen-bond donors (Lipinski definition) is 2. The van der Waals surface area contributed by atoms with Crippen LogP contribution in [0.15, 0.2) is 17.4 Å². The molecule has 0 atom stereocenters. The SMILES string of the molecule is C=C(N)/C(C)=N\NC. The van der Waals surface area contributed by atoms with E-state index in [0.717, 1.165) is 5.71 Å². The van der Waals surface area contributed by atoms with Crippen molar-refractivity contribution in [3.63, 3.8) is 0 Å². The quantitative estimate of drug-likeness (QED) is 0.393. The van der Waals surface area contributed by atoms with Crippen LogP contribution in [0.5, 0.6) is 0 Å². The fraction of sp³-hybridized carbons (Fsp3) is 0.400. The zero-order valence-corrected chi connectivity index (χ0v) is 5.23. The molecule has 0 aromatic rings. The van der Waals surface area contributed by atoms with E-state index in [1.165, 1.54) is 0 Å². The Morgan fingerprint density at radius 2 is 2.25 bits per heavy atom. The lowest BCUT2D eigenvalue weighted by molar-refractivity contribution is 0.898. The smallest absolute Gasteiger partial charge is 0.0794 e. The molecule has 3 heteroatoms. The first-order chi connectivity index (χ1) is 3.68. The second-order valence-electron chi connectivity index (χ2n) is 1.45. The van der Waals surface area contributed by atoms with E-state index >= 15 is 0 Å². The summed E-state index contributed by atoms with van der Waals surface area (Å²) in [6, 6.07) is 0. The fourth-order valence-corrected chi connectivity index (χ4v) is 0.240. The van der Waals surface area contributed by atoms with Crippen molar-refractivity contribution >= 4 is 5.71 Å². The summed E-state index contributed by atoms with van der Waals surface area (Å²) in [5.41, 5.74) is 9.08. The van der Waals surface area contributed by atoms with Crippen molar-refractivity contribution < 1.29 is 0 Å². The number of hydrogen-bond acceptors (Lipinski definition) is 3. The predicted molar refractivity (Wildman–Crippen MR) is 35.5 cm³/mol. The van der Waals surface area contributed by atoms with Crippen LogP contribution in [-0.2, 0) is 0 Å². The molecule has 0 fully saturated rings. The molecule has 0 saturated carbocycles.